The molecule has 0 saturated carbocycles. The van der Waals surface area contributed by atoms with Crippen molar-refractivity contribution in [2.75, 3.05) is 13.1 Å². The molecule has 0 saturated heterocycles. The second kappa shape index (κ2) is 6.53. The number of rotatable bonds is 5. The summed E-state index contributed by atoms with van der Waals surface area (Å²) in [4.78, 5) is 13.7. The molecule has 0 radical (unpaired) electrons. The molecule has 2 rings (SSSR count). The van der Waals surface area contributed by atoms with Gasteiger partial charge in [0.2, 0.25) is 0 Å². The lowest BCUT2D eigenvalue weighted by Crippen LogP contribution is -2.39. The number of nitrogens with one attached hydrogen (secondary N) is 2. The lowest BCUT2D eigenvalue weighted by Gasteiger charge is -2.19. The van der Waals surface area contributed by atoms with Crippen molar-refractivity contribution in [1.82, 2.24) is 10.6 Å². The van der Waals surface area contributed by atoms with Crippen LogP contribution in [0.1, 0.15) is 48.0 Å². The fraction of sp³-hybridized carbons (Fsp3) is 0.667. The summed E-state index contributed by atoms with van der Waals surface area (Å²) < 4.78 is 0. The molecule has 0 aromatic carbocycles. The molecule has 0 spiro atoms. The monoisotopic (exact) mass is 280 g/mol. The first kappa shape index (κ1) is 14.5. The smallest absolute Gasteiger partial charge is 0.252 e. The molecule has 2 atom stereocenters. The van der Waals surface area contributed by atoms with E-state index in [4.69, 9.17) is 0 Å². The molecule has 0 bridgehead atoms. The standard InChI is InChI=1S/C15H24N2OS/c1-4-16-11(3)8-17-15(18)13-9-19-14-7-10(2)5-6-12(13)14/h9-11,16H,4-8H2,1-3H3,(H,17,18)/t10?,11-/m1/s1. The van der Waals surface area contributed by atoms with Crippen molar-refractivity contribution in [3.05, 3.63) is 21.4 Å². The van der Waals surface area contributed by atoms with Gasteiger partial charge in [-0.25, -0.2) is 0 Å². The normalized spacial score (nSPS) is 19.8. The van der Waals surface area contributed by atoms with Gasteiger partial charge in [0.25, 0.3) is 5.91 Å². The third-order valence-corrected chi connectivity index (χ3v) is 4.82. The zero-order chi connectivity index (χ0) is 13.8. The van der Waals surface area contributed by atoms with Crippen molar-refractivity contribution < 1.29 is 4.79 Å². The molecule has 3 nitrogen and oxygen atoms in total. The number of likely N-dealkylation sites (N-methyl/N-ethyl adjacent to an activating group) is 1. The van der Waals surface area contributed by atoms with Crippen LogP contribution in [0.15, 0.2) is 5.38 Å². The highest BCUT2D eigenvalue weighted by Crippen LogP contribution is 2.32. The maximum Gasteiger partial charge on any atom is 0.252 e. The van der Waals surface area contributed by atoms with Gasteiger partial charge in [-0.1, -0.05) is 13.8 Å². The molecule has 1 unspecified atom stereocenters. The van der Waals surface area contributed by atoms with Crippen LogP contribution < -0.4 is 10.6 Å². The van der Waals surface area contributed by atoms with E-state index in [0.29, 0.717) is 12.6 Å². The van der Waals surface area contributed by atoms with Crippen LogP contribution in [0, 0.1) is 5.92 Å². The average Bonchev–Trinajstić information content (AvgIpc) is 2.79. The van der Waals surface area contributed by atoms with Crippen LogP contribution in [-0.2, 0) is 12.8 Å². The second-order valence-corrected chi connectivity index (χ2v) is 6.53. The van der Waals surface area contributed by atoms with Crippen LogP contribution in [0.2, 0.25) is 0 Å². The molecule has 2 N–H and O–H groups in total. The van der Waals surface area contributed by atoms with Gasteiger partial charge < -0.3 is 10.6 Å². The van der Waals surface area contributed by atoms with Gasteiger partial charge in [-0.05, 0) is 44.2 Å². The largest absolute Gasteiger partial charge is 0.350 e. The molecule has 1 aromatic heterocycles. The number of carbonyl (C=O) groups is 1. The van der Waals surface area contributed by atoms with Crippen molar-refractivity contribution >= 4 is 17.2 Å². The maximum absolute atomic E-state index is 12.2. The third kappa shape index (κ3) is 3.57. The van der Waals surface area contributed by atoms with E-state index in [2.05, 4.69) is 31.4 Å². The van der Waals surface area contributed by atoms with Crippen molar-refractivity contribution in [2.45, 2.75) is 46.1 Å². The lowest BCUT2D eigenvalue weighted by atomic mass is 9.88. The first-order valence-electron chi connectivity index (χ1n) is 7.22. The van der Waals surface area contributed by atoms with E-state index < -0.39 is 0 Å². The SMILES string of the molecule is CCN[C@H](C)CNC(=O)c1csc2c1CCC(C)C2. The maximum atomic E-state index is 12.2. The summed E-state index contributed by atoms with van der Waals surface area (Å²) in [6, 6.07) is 0.323. The van der Waals surface area contributed by atoms with Crippen LogP contribution in [-0.4, -0.2) is 25.0 Å². The molecular weight excluding hydrogens is 256 g/mol. The summed E-state index contributed by atoms with van der Waals surface area (Å²) in [6.07, 6.45) is 3.41. The number of amides is 1. The van der Waals surface area contributed by atoms with Crippen molar-refractivity contribution in [1.29, 1.82) is 0 Å². The molecule has 1 aliphatic rings. The van der Waals surface area contributed by atoms with Crippen LogP contribution in [0.5, 0.6) is 0 Å². The fourth-order valence-corrected chi connectivity index (χ4v) is 3.87. The molecule has 1 heterocycles. The average molecular weight is 280 g/mol. The summed E-state index contributed by atoms with van der Waals surface area (Å²) >= 11 is 1.75. The molecule has 0 aliphatic heterocycles. The second-order valence-electron chi connectivity index (χ2n) is 5.57. The first-order chi connectivity index (χ1) is 9.11. The summed E-state index contributed by atoms with van der Waals surface area (Å²) in [5.41, 5.74) is 2.22. The highest BCUT2D eigenvalue weighted by atomic mass is 32.1. The first-order valence-corrected chi connectivity index (χ1v) is 8.10. The van der Waals surface area contributed by atoms with Gasteiger partial charge in [-0.3, -0.25) is 4.79 Å². The number of thiophene rings is 1. The predicted molar refractivity (Wildman–Crippen MR) is 81.0 cm³/mol. The number of fused-ring (bicyclic) bond motifs is 1. The van der Waals surface area contributed by atoms with E-state index in [9.17, 15) is 4.79 Å². The van der Waals surface area contributed by atoms with Crippen molar-refractivity contribution in [2.24, 2.45) is 5.92 Å². The molecule has 4 heteroatoms. The Kier molecular flexibility index (Phi) is 4.99. The Hall–Kier alpha value is -0.870. The third-order valence-electron chi connectivity index (χ3n) is 3.77. The summed E-state index contributed by atoms with van der Waals surface area (Å²) in [7, 11) is 0. The Morgan fingerprint density at radius 2 is 2.37 bits per heavy atom. The van der Waals surface area contributed by atoms with Gasteiger partial charge in [0.05, 0.1) is 5.56 Å². The Labute approximate surface area is 119 Å². The number of hydrogen-bond acceptors (Lipinski definition) is 3. The molecule has 1 aliphatic carbocycles. The highest BCUT2D eigenvalue weighted by Gasteiger charge is 2.23. The van der Waals surface area contributed by atoms with Crippen LogP contribution >= 0.6 is 11.3 Å². The van der Waals surface area contributed by atoms with Gasteiger partial charge in [0, 0.05) is 22.8 Å². The van der Waals surface area contributed by atoms with E-state index in [-0.39, 0.29) is 5.91 Å². The van der Waals surface area contributed by atoms with Crippen LogP contribution in [0.3, 0.4) is 0 Å². The molecule has 1 aromatic rings. The minimum Gasteiger partial charge on any atom is -0.350 e. The fourth-order valence-electron chi connectivity index (χ4n) is 2.63. The minimum absolute atomic E-state index is 0.0943. The zero-order valence-corrected chi connectivity index (χ0v) is 12.9. The van der Waals surface area contributed by atoms with Gasteiger partial charge >= 0.3 is 0 Å². The zero-order valence-electron chi connectivity index (χ0n) is 12.1. The molecule has 106 valence electrons. The number of carbonyl (C=O) groups excluding carboxylic acids is 1. The molecule has 1 amide bonds. The lowest BCUT2D eigenvalue weighted by molar-refractivity contribution is 0.0949. The summed E-state index contributed by atoms with van der Waals surface area (Å²) in [6.45, 7) is 8.08. The highest BCUT2D eigenvalue weighted by molar-refractivity contribution is 7.10. The van der Waals surface area contributed by atoms with Crippen LogP contribution in [0.4, 0.5) is 0 Å². The topological polar surface area (TPSA) is 41.1 Å². The van der Waals surface area contributed by atoms with Gasteiger partial charge in [-0.15, -0.1) is 11.3 Å². The molecular formula is C15H24N2OS. The van der Waals surface area contributed by atoms with Gasteiger partial charge in [-0.2, -0.15) is 0 Å². The molecule has 0 fully saturated rings. The van der Waals surface area contributed by atoms with Crippen molar-refractivity contribution in [3.8, 4) is 0 Å². The van der Waals surface area contributed by atoms with Crippen molar-refractivity contribution in [3.63, 3.8) is 0 Å². The van der Waals surface area contributed by atoms with E-state index >= 15 is 0 Å². The van der Waals surface area contributed by atoms with Gasteiger partial charge in [0.1, 0.15) is 0 Å². The van der Waals surface area contributed by atoms with E-state index in [0.717, 1.165) is 30.9 Å². The van der Waals surface area contributed by atoms with E-state index in [1.807, 2.05) is 5.38 Å². The summed E-state index contributed by atoms with van der Waals surface area (Å²) in [5, 5.41) is 8.38. The summed E-state index contributed by atoms with van der Waals surface area (Å²) in [5.74, 6) is 0.854. The Balaban J connectivity index is 1.97. The Morgan fingerprint density at radius 1 is 1.58 bits per heavy atom. The Bertz CT molecular complexity index is 441. The molecule has 19 heavy (non-hydrogen) atoms. The van der Waals surface area contributed by atoms with E-state index in [1.165, 1.54) is 16.9 Å². The number of hydrogen-bond donors (Lipinski definition) is 2. The van der Waals surface area contributed by atoms with E-state index in [1.54, 1.807) is 11.3 Å². The quantitative estimate of drug-likeness (QED) is 0.870. The Morgan fingerprint density at radius 3 is 3.11 bits per heavy atom. The van der Waals surface area contributed by atoms with Crippen LogP contribution in [0.25, 0.3) is 0 Å². The minimum atomic E-state index is 0.0943. The predicted octanol–water partition coefficient (Wildman–Crippen LogP) is 2.60. The van der Waals surface area contributed by atoms with Gasteiger partial charge in [0.15, 0.2) is 0 Å².